The Morgan fingerprint density at radius 2 is 1.14 bits per heavy atom. The summed E-state index contributed by atoms with van der Waals surface area (Å²) in [5.74, 6) is -0.350. The van der Waals surface area contributed by atoms with Gasteiger partial charge in [0.2, 0.25) is 0 Å². The monoisotopic (exact) mass is 738 g/mol. The SMILES string of the molecule is CC/C=C\C/C=C\C/C=C\C/C=C\C/C=C\CCCCCCCCOCC(COP(=O)([O-])OCC[N+](C)(C)C)OC(=O)CCCCCCCCC. The molecular formula is C42H76NO7P. The van der Waals surface area contributed by atoms with Gasteiger partial charge in [-0.2, -0.15) is 0 Å². The minimum Gasteiger partial charge on any atom is -0.756 e. The van der Waals surface area contributed by atoms with E-state index in [2.05, 4.69) is 74.6 Å². The molecule has 0 bridgehead atoms. The lowest BCUT2D eigenvalue weighted by Crippen LogP contribution is -2.37. The molecule has 0 rings (SSSR count). The zero-order chi connectivity index (χ0) is 37.7. The van der Waals surface area contributed by atoms with Gasteiger partial charge in [-0.1, -0.05) is 139 Å². The normalized spacial score (nSPS) is 14.5. The van der Waals surface area contributed by atoms with E-state index in [0.717, 1.165) is 77.0 Å². The molecule has 0 fully saturated rings. The maximum Gasteiger partial charge on any atom is 0.306 e. The van der Waals surface area contributed by atoms with E-state index in [1.165, 1.54) is 44.9 Å². The van der Waals surface area contributed by atoms with E-state index in [9.17, 15) is 14.3 Å². The van der Waals surface area contributed by atoms with E-state index in [1.54, 1.807) is 0 Å². The number of hydrogen-bond acceptors (Lipinski definition) is 7. The third kappa shape index (κ3) is 39.2. The van der Waals surface area contributed by atoms with Crippen LogP contribution in [0.2, 0.25) is 0 Å². The highest BCUT2D eigenvalue weighted by atomic mass is 31.2. The molecule has 0 aromatic rings. The third-order valence-corrected chi connectivity index (χ3v) is 9.05. The van der Waals surface area contributed by atoms with Gasteiger partial charge >= 0.3 is 5.97 Å². The van der Waals surface area contributed by atoms with Crippen molar-refractivity contribution in [3.63, 3.8) is 0 Å². The molecule has 0 aromatic carbocycles. The Hall–Kier alpha value is -1.80. The van der Waals surface area contributed by atoms with Gasteiger partial charge < -0.3 is 27.9 Å². The fourth-order valence-electron chi connectivity index (χ4n) is 4.98. The Morgan fingerprint density at radius 3 is 1.71 bits per heavy atom. The van der Waals surface area contributed by atoms with Crippen LogP contribution in [0.4, 0.5) is 0 Å². The number of phosphoric acid groups is 1. The minimum atomic E-state index is -4.52. The second-order valence-electron chi connectivity index (χ2n) is 14.3. The Kier molecular flexibility index (Phi) is 34.0. The maximum atomic E-state index is 12.5. The number of hydrogen-bond donors (Lipinski definition) is 0. The Morgan fingerprint density at radius 1 is 0.627 bits per heavy atom. The standard InChI is InChI=1S/C42H76NO7P/c1-6-8-10-12-14-15-16-17-18-19-20-21-22-23-24-25-26-27-28-30-32-34-37-47-39-41(40-49-51(45,46)48-38-36-43(3,4)5)50-42(44)35-33-31-29-13-11-9-7-2/h8,10,14-15,17-18,20-21,23-24,41H,6-7,9,11-13,16,19,22,25-40H2,1-5H3/b10-8-,15-14-,18-17-,21-20-,24-23-. The van der Waals surface area contributed by atoms with Gasteiger partial charge in [0.15, 0.2) is 0 Å². The molecule has 0 saturated carbocycles. The van der Waals surface area contributed by atoms with E-state index in [4.69, 9.17) is 18.5 Å². The van der Waals surface area contributed by atoms with E-state index >= 15 is 0 Å². The largest absolute Gasteiger partial charge is 0.756 e. The smallest absolute Gasteiger partial charge is 0.306 e. The van der Waals surface area contributed by atoms with Crippen molar-refractivity contribution >= 4 is 13.8 Å². The summed E-state index contributed by atoms with van der Waals surface area (Å²) in [7, 11) is 1.33. The van der Waals surface area contributed by atoms with Crippen LogP contribution >= 0.6 is 7.82 Å². The van der Waals surface area contributed by atoms with E-state index in [0.29, 0.717) is 24.1 Å². The lowest BCUT2D eigenvalue weighted by molar-refractivity contribution is -0.870. The van der Waals surface area contributed by atoms with Crippen molar-refractivity contribution in [2.45, 2.75) is 148 Å². The summed E-state index contributed by atoms with van der Waals surface area (Å²) in [5, 5.41) is 0. The zero-order valence-electron chi connectivity index (χ0n) is 33.3. The number of likely N-dealkylation sites (N-methyl/N-ethyl adjacent to an activating group) is 1. The van der Waals surface area contributed by atoms with Gasteiger partial charge in [-0.15, -0.1) is 0 Å². The number of carbonyl (C=O) groups excluding carboxylic acids is 1. The first-order chi connectivity index (χ1) is 24.6. The van der Waals surface area contributed by atoms with Crippen molar-refractivity contribution in [2.75, 3.05) is 54.1 Å². The summed E-state index contributed by atoms with van der Waals surface area (Å²) in [5.41, 5.74) is 0. The number of allylic oxidation sites excluding steroid dienone is 10. The third-order valence-electron chi connectivity index (χ3n) is 8.08. The number of nitrogens with zero attached hydrogens (tertiary/aromatic N) is 1. The number of esters is 1. The summed E-state index contributed by atoms with van der Waals surface area (Å²) in [6, 6.07) is 0. The quantitative estimate of drug-likeness (QED) is 0.0208. The molecule has 0 spiro atoms. The summed E-state index contributed by atoms with van der Waals surface area (Å²) in [6.45, 7) is 5.19. The second-order valence-corrected chi connectivity index (χ2v) is 15.7. The van der Waals surface area contributed by atoms with Crippen molar-refractivity contribution in [1.29, 1.82) is 0 Å². The van der Waals surface area contributed by atoms with Crippen LogP contribution in [0.25, 0.3) is 0 Å². The summed E-state index contributed by atoms with van der Waals surface area (Å²) >= 11 is 0. The molecule has 9 heteroatoms. The van der Waals surface area contributed by atoms with Gasteiger partial charge in [0.25, 0.3) is 7.82 Å². The average Bonchev–Trinajstić information content (AvgIpc) is 3.08. The summed E-state index contributed by atoms with van der Waals surface area (Å²) in [6.07, 6.45) is 42.5. The molecule has 0 saturated heterocycles. The molecule has 51 heavy (non-hydrogen) atoms. The van der Waals surface area contributed by atoms with Crippen LogP contribution in [0.3, 0.4) is 0 Å². The van der Waals surface area contributed by atoms with Gasteiger partial charge in [-0.05, 0) is 57.8 Å². The Bertz CT molecular complexity index is 1000. The fraction of sp³-hybridized carbons (Fsp3) is 0.738. The van der Waals surface area contributed by atoms with Crippen LogP contribution in [-0.2, 0) is 27.9 Å². The predicted molar refractivity (Wildman–Crippen MR) is 212 cm³/mol. The van der Waals surface area contributed by atoms with Crippen molar-refractivity contribution in [1.82, 2.24) is 0 Å². The summed E-state index contributed by atoms with van der Waals surface area (Å²) < 4.78 is 34.3. The van der Waals surface area contributed by atoms with Gasteiger partial charge in [-0.3, -0.25) is 9.36 Å². The average molecular weight is 738 g/mol. The first-order valence-electron chi connectivity index (χ1n) is 20.0. The number of phosphoric ester groups is 1. The molecule has 296 valence electrons. The topological polar surface area (TPSA) is 94.1 Å². The molecule has 0 aliphatic carbocycles. The maximum absolute atomic E-state index is 12.5. The van der Waals surface area contributed by atoms with Crippen LogP contribution in [0.1, 0.15) is 142 Å². The Labute approximate surface area is 313 Å². The second kappa shape index (κ2) is 35.2. The lowest BCUT2D eigenvalue weighted by atomic mass is 10.1. The molecule has 0 heterocycles. The number of unbranched alkanes of at least 4 members (excludes halogenated alkanes) is 12. The van der Waals surface area contributed by atoms with Crippen molar-refractivity contribution in [2.24, 2.45) is 0 Å². The van der Waals surface area contributed by atoms with E-state index in [-0.39, 0.29) is 25.8 Å². The first kappa shape index (κ1) is 49.2. The van der Waals surface area contributed by atoms with Crippen molar-refractivity contribution in [3.05, 3.63) is 60.8 Å². The highest BCUT2D eigenvalue weighted by Gasteiger charge is 2.20. The van der Waals surface area contributed by atoms with Crippen molar-refractivity contribution < 1.29 is 37.3 Å². The van der Waals surface area contributed by atoms with Crippen LogP contribution in [-0.4, -0.2) is 70.7 Å². The summed E-state index contributed by atoms with van der Waals surface area (Å²) in [4.78, 5) is 24.8. The van der Waals surface area contributed by atoms with Crippen LogP contribution in [0.15, 0.2) is 60.8 Å². The zero-order valence-corrected chi connectivity index (χ0v) is 34.2. The van der Waals surface area contributed by atoms with Gasteiger partial charge in [0.1, 0.15) is 19.3 Å². The molecule has 0 radical (unpaired) electrons. The minimum absolute atomic E-state index is 0.0207. The highest BCUT2D eigenvalue weighted by molar-refractivity contribution is 7.45. The van der Waals surface area contributed by atoms with Crippen LogP contribution in [0.5, 0.6) is 0 Å². The highest BCUT2D eigenvalue weighted by Crippen LogP contribution is 2.38. The van der Waals surface area contributed by atoms with Crippen LogP contribution in [0, 0.1) is 0 Å². The number of quaternary nitrogens is 1. The number of rotatable bonds is 36. The number of carbonyl (C=O) groups is 1. The molecule has 8 nitrogen and oxygen atoms in total. The van der Waals surface area contributed by atoms with Gasteiger partial charge in [-0.25, -0.2) is 0 Å². The van der Waals surface area contributed by atoms with Gasteiger partial charge in [0, 0.05) is 13.0 Å². The molecule has 2 atom stereocenters. The molecule has 0 amide bonds. The molecule has 0 aliphatic rings. The number of ether oxygens (including phenoxy) is 2. The molecular weight excluding hydrogens is 661 g/mol. The van der Waals surface area contributed by atoms with Crippen molar-refractivity contribution in [3.8, 4) is 0 Å². The van der Waals surface area contributed by atoms with Crippen LogP contribution < -0.4 is 4.89 Å². The molecule has 2 unspecified atom stereocenters. The lowest BCUT2D eigenvalue weighted by Gasteiger charge is -2.28. The first-order valence-corrected chi connectivity index (χ1v) is 21.5. The molecule has 0 aromatic heterocycles. The molecule has 0 N–H and O–H groups in total. The van der Waals surface area contributed by atoms with E-state index in [1.807, 2.05) is 21.1 Å². The van der Waals surface area contributed by atoms with E-state index < -0.39 is 13.9 Å². The fourth-order valence-corrected chi connectivity index (χ4v) is 5.71. The molecule has 0 aliphatic heterocycles. The van der Waals surface area contributed by atoms with Gasteiger partial charge in [0.05, 0.1) is 34.4 Å². The predicted octanol–water partition coefficient (Wildman–Crippen LogP) is 10.7. The Balaban J connectivity index is 4.17.